The largest absolute Gasteiger partial charge is 0.322 e. The van der Waals surface area contributed by atoms with Crippen LogP contribution in [0.2, 0.25) is 0 Å². The van der Waals surface area contributed by atoms with Gasteiger partial charge in [-0.2, -0.15) is 0 Å². The van der Waals surface area contributed by atoms with Crippen LogP contribution in [0.5, 0.6) is 0 Å². The monoisotopic (exact) mass is 391 g/mol. The fourth-order valence-corrected chi connectivity index (χ4v) is 3.62. The number of aryl methyl sites for hydroxylation is 1. The van der Waals surface area contributed by atoms with Crippen molar-refractivity contribution < 1.29 is 18.1 Å². The molecular formula is C18H21N3O5S. The SMILES string of the molecule is CCC(C)NS(=O)(=O)c1ccc(C(=O)Nc2ccc(C)c([N+](=O)[O-])c2)cc1. The summed E-state index contributed by atoms with van der Waals surface area (Å²) >= 11 is 0. The predicted octanol–water partition coefficient (Wildman–Crippen LogP) is 3.23. The minimum Gasteiger partial charge on any atom is -0.322 e. The second-order valence-electron chi connectivity index (χ2n) is 6.17. The summed E-state index contributed by atoms with van der Waals surface area (Å²) in [7, 11) is -3.65. The minimum absolute atomic E-state index is 0.0605. The van der Waals surface area contributed by atoms with Gasteiger partial charge in [0.2, 0.25) is 10.0 Å². The Bertz CT molecular complexity index is 955. The lowest BCUT2D eigenvalue weighted by molar-refractivity contribution is -0.385. The number of sulfonamides is 1. The van der Waals surface area contributed by atoms with Gasteiger partial charge >= 0.3 is 0 Å². The van der Waals surface area contributed by atoms with Crippen molar-refractivity contribution in [2.45, 2.75) is 38.1 Å². The van der Waals surface area contributed by atoms with Gasteiger partial charge in [0.1, 0.15) is 0 Å². The van der Waals surface area contributed by atoms with Gasteiger partial charge in [-0.05, 0) is 50.6 Å². The molecule has 0 fully saturated rings. The first kappa shape index (κ1) is 20.5. The second kappa shape index (κ2) is 8.28. The molecule has 0 saturated carbocycles. The van der Waals surface area contributed by atoms with Crippen molar-refractivity contribution in [1.29, 1.82) is 0 Å². The van der Waals surface area contributed by atoms with Crippen LogP contribution in [0.15, 0.2) is 47.4 Å². The molecule has 0 spiro atoms. The number of rotatable bonds is 7. The molecule has 0 aliphatic carbocycles. The molecule has 0 radical (unpaired) electrons. The quantitative estimate of drug-likeness (QED) is 0.555. The molecule has 144 valence electrons. The topological polar surface area (TPSA) is 118 Å². The molecule has 2 aromatic carbocycles. The highest BCUT2D eigenvalue weighted by Crippen LogP contribution is 2.23. The zero-order chi connectivity index (χ0) is 20.2. The Balaban J connectivity index is 2.17. The van der Waals surface area contributed by atoms with Crippen LogP contribution in [0, 0.1) is 17.0 Å². The number of benzene rings is 2. The molecule has 0 aliphatic heterocycles. The first-order chi connectivity index (χ1) is 12.6. The predicted molar refractivity (Wildman–Crippen MR) is 102 cm³/mol. The van der Waals surface area contributed by atoms with E-state index in [1.165, 1.54) is 30.3 Å². The van der Waals surface area contributed by atoms with Crippen LogP contribution < -0.4 is 10.0 Å². The maximum Gasteiger partial charge on any atom is 0.274 e. The van der Waals surface area contributed by atoms with Crippen molar-refractivity contribution >= 4 is 27.3 Å². The van der Waals surface area contributed by atoms with E-state index in [1.54, 1.807) is 26.0 Å². The Labute approximate surface area is 157 Å². The fraction of sp³-hybridized carbons (Fsp3) is 0.278. The van der Waals surface area contributed by atoms with Crippen molar-refractivity contribution in [3.63, 3.8) is 0 Å². The molecule has 0 heterocycles. The highest BCUT2D eigenvalue weighted by molar-refractivity contribution is 7.89. The van der Waals surface area contributed by atoms with E-state index in [0.29, 0.717) is 12.0 Å². The van der Waals surface area contributed by atoms with Gasteiger partial charge in [0.25, 0.3) is 11.6 Å². The van der Waals surface area contributed by atoms with Gasteiger partial charge in [-0.1, -0.05) is 13.0 Å². The lowest BCUT2D eigenvalue weighted by atomic mass is 10.1. The number of carbonyl (C=O) groups is 1. The lowest BCUT2D eigenvalue weighted by Gasteiger charge is -2.12. The highest BCUT2D eigenvalue weighted by atomic mass is 32.2. The summed E-state index contributed by atoms with van der Waals surface area (Å²) in [4.78, 5) is 22.9. The van der Waals surface area contributed by atoms with E-state index in [0.717, 1.165) is 0 Å². The molecule has 0 saturated heterocycles. The zero-order valence-corrected chi connectivity index (χ0v) is 16.0. The number of nitrogens with one attached hydrogen (secondary N) is 2. The van der Waals surface area contributed by atoms with E-state index in [2.05, 4.69) is 10.0 Å². The Morgan fingerprint density at radius 1 is 1.19 bits per heavy atom. The van der Waals surface area contributed by atoms with Crippen molar-refractivity contribution in [3.8, 4) is 0 Å². The number of nitro groups is 1. The van der Waals surface area contributed by atoms with Crippen molar-refractivity contribution in [3.05, 3.63) is 63.7 Å². The van der Waals surface area contributed by atoms with E-state index in [1.807, 2.05) is 6.92 Å². The normalized spacial score (nSPS) is 12.4. The van der Waals surface area contributed by atoms with E-state index in [-0.39, 0.29) is 27.9 Å². The highest BCUT2D eigenvalue weighted by Gasteiger charge is 2.18. The number of nitro benzene ring substituents is 1. The lowest BCUT2D eigenvalue weighted by Crippen LogP contribution is -2.32. The van der Waals surface area contributed by atoms with Crippen LogP contribution in [0.1, 0.15) is 36.2 Å². The first-order valence-corrected chi connectivity index (χ1v) is 9.81. The van der Waals surface area contributed by atoms with Gasteiger partial charge in [-0.25, -0.2) is 13.1 Å². The van der Waals surface area contributed by atoms with Crippen LogP contribution in [0.3, 0.4) is 0 Å². The zero-order valence-electron chi connectivity index (χ0n) is 15.2. The molecule has 27 heavy (non-hydrogen) atoms. The Hall–Kier alpha value is -2.78. The summed E-state index contributed by atoms with van der Waals surface area (Å²) in [6.45, 7) is 5.24. The van der Waals surface area contributed by atoms with Gasteiger partial charge in [0.15, 0.2) is 0 Å². The van der Waals surface area contributed by atoms with E-state index >= 15 is 0 Å². The van der Waals surface area contributed by atoms with E-state index in [4.69, 9.17) is 0 Å². The molecule has 1 atom stereocenters. The summed E-state index contributed by atoms with van der Waals surface area (Å²) in [6.07, 6.45) is 0.655. The molecule has 0 aliphatic rings. The Kier molecular flexibility index (Phi) is 6.29. The van der Waals surface area contributed by atoms with Crippen LogP contribution in [-0.4, -0.2) is 25.3 Å². The van der Waals surface area contributed by atoms with Gasteiger partial charge < -0.3 is 5.32 Å². The Morgan fingerprint density at radius 2 is 1.81 bits per heavy atom. The van der Waals surface area contributed by atoms with Crippen molar-refractivity contribution in [1.82, 2.24) is 4.72 Å². The van der Waals surface area contributed by atoms with Crippen LogP contribution in [0.25, 0.3) is 0 Å². The van der Waals surface area contributed by atoms with Gasteiger partial charge in [0.05, 0.1) is 9.82 Å². The summed E-state index contributed by atoms with van der Waals surface area (Å²) in [5.41, 5.74) is 0.917. The van der Waals surface area contributed by atoms with Crippen molar-refractivity contribution in [2.75, 3.05) is 5.32 Å². The molecule has 9 heteroatoms. The number of anilines is 1. The average Bonchev–Trinajstić information content (AvgIpc) is 2.62. The van der Waals surface area contributed by atoms with Gasteiger partial charge in [-0.15, -0.1) is 0 Å². The van der Waals surface area contributed by atoms with Crippen LogP contribution >= 0.6 is 0 Å². The number of carbonyl (C=O) groups excluding carboxylic acids is 1. The number of hydrogen-bond acceptors (Lipinski definition) is 5. The number of nitrogens with zero attached hydrogens (tertiary/aromatic N) is 1. The summed E-state index contributed by atoms with van der Waals surface area (Å²) in [5, 5.41) is 13.6. The van der Waals surface area contributed by atoms with Crippen LogP contribution in [-0.2, 0) is 10.0 Å². The number of amides is 1. The summed E-state index contributed by atoms with van der Waals surface area (Å²) in [6, 6.07) is 9.66. The third-order valence-electron chi connectivity index (χ3n) is 4.06. The minimum atomic E-state index is -3.65. The molecule has 2 N–H and O–H groups in total. The van der Waals surface area contributed by atoms with Gasteiger partial charge in [0, 0.05) is 28.9 Å². The molecule has 0 aromatic heterocycles. The molecule has 8 nitrogen and oxygen atoms in total. The maximum atomic E-state index is 12.3. The van der Waals surface area contributed by atoms with Gasteiger partial charge in [-0.3, -0.25) is 14.9 Å². The molecule has 2 aromatic rings. The van der Waals surface area contributed by atoms with Crippen molar-refractivity contribution in [2.24, 2.45) is 0 Å². The standard InChI is InChI=1S/C18H21N3O5S/c1-4-13(3)20-27(25,26)16-9-6-14(7-10-16)18(22)19-15-8-5-12(2)17(11-15)21(23)24/h5-11,13,20H,4H2,1-3H3,(H,19,22). The average molecular weight is 391 g/mol. The maximum absolute atomic E-state index is 12.3. The summed E-state index contributed by atoms with van der Waals surface area (Å²) in [5.74, 6) is -0.494. The Morgan fingerprint density at radius 3 is 2.37 bits per heavy atom. The number of hydrogen-bond donors (Lipinski definition) is 2. The molecule has 0 bridgehead atoms. The van der Waals surface area contributed by atoms with E-state index in [9.17, 15) is 23.3 Å². The smallest absolute Gasteiger partial charge is 0.274 e. The summed E-state index contributed by atoms with van der Waals surface area (Å²) < 4.78 is 27.0. The fourth-order valence-electron chi connectivity index (χ4n) is 2.29. The molecule has 2 rings (SSSR count). The third kappa shape index (κ3) is 5.11. The van der Waals surface area contributed by atoms with Crippen LogP contribution in [0.4, 0.5) is 11.4 Å². The van der Waals surface area contributed by atoms with E-state index < -0.39 is 20.9 Å². The molecule has 1 amide bonds. The molecular weight excluding hydrogens is 370 g/mol. The molecule has 1 unspecified atom stereocenters. The first-order valence-electron chi connectivity index (χ1n) is 8.33. The second-order valence-corrected chi connectivity index (χ2v) is 7.88. The third-order valence-corrected chi connectivity index (χ3v) is 5.66.